The van der Waals surface area contributed by atoms with E-state index in [2.05, 4.69) is 23.3 Å². The summed E-state index contributed by atoms with van der Waals surface area (Å²) in [4.78, 5) is 21.5. The van der Waals surface area contributed by atoms with Crippen molar-refractivity contribution in [3.8, 4) is 10.6 Å². The summed E-state index contributed by atoms with van der Waals surface area (Å²) >= 11 is 15.6. The quantitative estimate of drug-likeness (QED) is 0.365. The molecule has 0 bridgehead atoms. The van der Waals surface area contributed by atoms with Gasteiger partial charge in [0.15, 0.2) is 0 Å². The van der Waals surface area contributed by atoms with E-state index < -0.39 is 0 Å². The lowest BCUT2D eigenvalue weighted by Gasteiger charge is -2.22. The Morgan fingerprint density at radius 2 is 2.00 bits per heavy atom. The molecule has 0 unspecified atom stereocenters. The van der Waals surface area contributed by atoms with Crippen molar-refractivity contribution in [3.63, 3.8) is 0 Å². The number of rotatable bonds is 3. The standard InChI is InChI=1S/C22H17Cl2N3OS2/c1-27-9-8-13-18(11-27)30-22(26-20(28)14-10-12(23)6-7-15(14)24)19(13)21-25-16-4-2-3-5-17(16)29-21/h2-7,10H,8-9,11H2,1H3,(H,26,28). The number of amides is 1. The Morgan fingerprint density at radius 3 is 2.83 bits per heavy atom. The van der Waals surface area contributed by atoms with Crippen LogP contribution in [-0.4, -0.2) is 29.4 Å². The van der Waals surface area contributed by atoms with E-state index in [9.17, 15) is 4.79 Å². The maximum atomic E-state index is 13.0. The summed E-state index contributed by atoms with van der Waals surface area (Å²) in [5.74, 6) is -0.267. The largest absolute Gasteiger partial charge is 0.313 e. The average Bonchev–Trinajstić information content (AvgIpc) is 3.29. The van der Waals surface area contributed by atoms with Crippen LogP contribution in [0.2, 0.25) is 10.0 Å². The van der Waals surface area contributed by atoms with Crippen LogP contribution < -0.4 is 5.32 Å². The molecule has 1 N–H and O–H groups in total. The van der Waals surface area contributed by atoms with Crippen molar-refractivity contribution >= 4 is 67.0 Å². The van der Waals surface area contributed by atoms with Crippen molar-refractivity contribution in [1.29, 1.82) is 0 Å². The predicted octanol–water partition coefficient (Wildman–Crippen LogP) is 6.57. The van der Waals surface area contributed by atoms with Gasteiger partial charge in [0.05, 0.1) is 20.8 Å². The van der Waals surface area contributed by atoms with E-state index in [1.165, 1.54) is 10.4 Å². The lowest BCUT2D eigenvalue weighted by atomic mass is 10.0. The van der Waals surface area contributed by atoms with Crippen LogP contribution in [0, 0.1) is 0 Å². The first-order valence-corrected chi connectivity index (χ1v) is 11.8. The van der Waals surface area contributed by atoms with Gasteiger partial charge in [-0.05, 0) is 49.4 Å². The molecular weight excluding hydrogens is 457 g/mol. The van der Waals surface area contributed by atoms with Gasteiger partial charge < -0.3 is 10.2 Å². The number of carbonyl (C=O) groups is 1. The Kier molecular flexibility index (Phi) is 5.29. The zero-order valence-corrected chi connectivity index (χ0v) is 19.2. The van der Waals surface area contributed by atoms with E-state index in [4.69, 9.17) is 28.2 Å². The number of nitrogens with one attached hydrogen (secondary N) is 1. The van der Waals surface area contributed by atoms with Crippen molar-refractivity contribution in [1.82, 2.24) is 9.88 Å². The normalized spacial score (nSPS) is 14.1. The van der Waals surface area contributed by atoms with Gasteiger partial charge in [-0.3, -0.25) is 4.79 Å². The molecule has 0 radical (unpaired) electrons. The minimum atomic E-state index is -0.267. The Balaban J connectivity index is 1.61. The average molecular weight is 474 g/mol. The minimum absolute atomic E-state index is 0.267. The van der Waals surface area contributed by atoms with Crippen LogP contribution in [0.5, 0.6) is 0 Å². The molecule has 3 heterocycles. The molecule has 8 heteroatoms. The Bertz CT molecular complexity index is 1250. The van der Waals surface area contributed by atoms with Crippen LogP contribution >= 0.6 is 45.9 Å². The fourth-order valence-electron chi connectivity index (χ4n) is 3.67. The number of thiazole rings is 1. The highest BCUT2D eigenvalue weighted by atomic mass is 35.5. The minimum Gasteiger partial charge on any atom is -0.313 e. The molecule has 152 valence electrons. The van der Waals surface area contributed by atoms with Gasteiger partial charge in [-0.2, -0.15) is 0 Å². The molecule has 0 aliphatic carbocycles. The molecule has 4 aromatic rings. The van der Waals surface area contributed by atoms with Crippen LogP contribution in [0.1, 0.15) is 20.8 Å². The highest BCUT2D eigenvalue weighted by Crippen LogP contribution is 2.45. The number of para-hydroxylation sites is 1. The second-order valence-corrected chi connectivity index (χ2v) is 10.2. The van der Waals surface area contributed by atoms with E-state index in [-0.39, 0.29) is 5.91 Å². The molecule has 0 saturated heterocycles. The number of fused-ring (bicyclic) bond motifs is 2. The Hall–Kier alpha value is -1.96. The molecule has 1 aliphatic heterocycles. The number of nitrogens with zero attached hydrogens (tertiary/aromatic N) is 2. The molecule has 30 heavy (non-hydrogen) atoms. The third kappa shape index (κ3) is 3.63. The fourth-order valence-corrected chi connectivity index (χ4v) is 6.48. The van der Waals surface area contributed by atoms with Crippen LogP contribution in [-0.2, 0) is 13.0 Å². The molecule has 4 nitrogen and oxygen atoms in total. The topological polar surface area (TPSA) is 45.2 Å². The molecule has 0 fully saturated rings. The zero-order chi connectivity index (χ0) is 20.8. The Labute approximate surface area is 192 Å². The highest BCUT2D eigenvalue weighted by Gasteiger charge is 2.27. The molecule has 1 aliphatic rings. The van der Waals surface area contributed by atoms with E-state index >= 15 is 0 Å². The Morgan fingerprint density at radius 1 is 1.17 bits per heavy atom. The van der Waals surface area contributed by atoms with Gasteiger partial charge in [-0.25, -0.2) is 4.98 Å². The predicted molar refractivity (Wildman–Crippen MR) is 127 cm³/mol. The van der Waals surface area contributed by atoms with Gasteiger partial charge in [-0.15, -0.1) is 22.7 Å². The monoisotopic (exact) mass is 473 g/mol. The van der Waals surface area contributed by atoms with E-state index in [1.807, 2.05) is 18.2 Å². The molecule has 5 rings (SSSR count). The van der Waals surface area contributed by atoms with Gasteiger partial charge in [0, 0.05) is 28.6 Å². The van der Waals surface area contributed by atoms with Crippen molar-refractivity contribution in [2.75, 3.05) is 18.9 Å². The number of thiophene rings is 1. The zero-order valence-electron chi connectivity index (χ0n) is 16.0. The summed E-state index contributed by atoms with van der Waals surface area (Å²) in [5.41, 5.74) is 3.66. The second-order valence-electron chi connectivity index (χ2n) is 7.26. The third-order valence-electron chi connectivity index (χ3n) is 5.16. The number of hydrogen-bond acceptors (Lipinski definition) is 5. The SMILES string of the molecule is CN1CCc2c(sc(NC(=O)c3cc(Cl)ccc3Cl)c2-c2nc3ccccc3s2)C1. The van der Waals surface area contributed by atoms with E-state index in [0.29, 0.717) is 15.6 Å². The number of likely N-dealkylation sites (N-methyl/N-ethyl adjacent to an activating group) is 1. The third-order valence-corrected chi connectivity index (χ3v) is 7.91. The summed E-state index contributed by atoms with van der Waals surface area (Å²) in [6.45, 7) is 1.85. The maximum Gasteiger partial charge on any atom is 0.257 e. The summed E-state index contributed by atoms with van der Waals surface area (Å²) in [5, 5.41) is 5.70. The molecule has 2 aromatic carbocycles. The van der Waals surface area contributed by atoms with Crippen LogP contribution in [0.4, 0.5) is 5.00 Å². The molecular formula is C22H17Cl2N3OS2. The van der Waals surface area contributed by atoms with Crippen LogP contribution in [0.3, 0.4) is 0 Å². The number of halogens is 2. The number of anilines is 1. The van der Waals surface area contributed by atoms with Crippen molar-refractivity contribution in [2.24, 2.45) is 0 Å². The van der Waals surface area contributed by atoms with Gasteiger partial charge in [0.25, 0.3) is 5.91 Å². The lowest BCUT2D eigenvalue weighted by Crippen LogP contribution is -2.25. The first-order chi connectivity index (χ1) is 14.5. The van der Waals surface area contributed by atoms with E-state index in [0.717, 1.165) is 45.3 Å². The number of benzene rings is 2. The van der Waals surface area contributed by atoms with Crippen LogP contribution in [0.15, 0.2) is 42.5 Å². The molecule has 2 aromatic heterocycles. The van der Waals surface area contributed by atoms with Crippen molar-refractivity contribution in [2.45, 2.75) is 13.0 Å². The number of hydrogen-bond donors (Lipinski definition) is 1. The first-order valence-electron chi connectivity index (χ1n) is 9.45. The summed E-state index contributed by atoms with van der Waals surface area (Å²) in [6, 6.07) is 13.0. The van der Waals surface area contributed by atoms with Gasteiger partial charge in [0.1, 0.15) is 10.0 Å². The molecule has 1 amide bonds. The maximum absolute atomic E-state index is 13.0. The fraction of sp³-hybridized carbons (Fsp3) is 0.182. The highest BCUT2D eigenvalue weighted by molar-refractivity contribution is 7.23. The first kappa shape index (κ1) is 20.0. The van der Waals surface area contributed by atoms with E-state index in [1.54, 1.807) is 40.9 Å². The summed E-state index contributed by atoms with van der Waals surface area (Å²) < 4.78 is 1.13. The molecule has 0 saturated carbocycles. The van der Waals surface area contributed by atoms with Crippen molar-refractivity contribution in [3.05, 3.63) is 68.5 Å². The van der Waals surface area contributed by atoms with Gasteiger partial charge >= 0.3 is 0 Å². The van der Waals surface area contributed by atoms with Crippen LogP contribution in [0.25, 0.3) is 20.8 Å². The van der Waals surface area contributed by atoms with Crippen molar-refractivity contribution < 1.29 is 4.79 Å². The van der Waals surface area contributed by atoms with Gasteiger partial charge in [-0.1, -0.05) is 35.3 Å². The number of aromatic nitrogens is 1. The summed E-state index contributed by atoms with van der Waals surface area (Å²) in [7, 11) is 2.12. The second kappa shape index (κ2) is 7.94. The smallest absolute Gasteiger partial charge is 0.257 e. The number of carbonyl (C=O) groups excluding carboxylic acids is 1. The molecule has 0 spiro atoms. The lowest BCUT2D eigenvalue weighted by molar-refractivity contribution is 0.102. The van der Waals surface area contributed by atoms with Gasteiger partial charge in [0.2, 0.25) is 0 Å². The molecule has 0 atom stereocenters. The summed E-state index contributed by atoms with van der Waals surface area (Å²) in [6.07, 6.45) is 0.932.